The van der Waals surface area contributed by atoms with E-state index < -0.39 is 0 Å². The van der Waals surface area contributed by atoms with E-state index in [4.69, 9.17) is 18.9 Å². The molecule has 2 aromatic rings. The van der Waals surface area contributed by atoms with E-state index in [0.29, 0.717) is 6.42 Å². The maximum atomic E-state index is 13.3. The predicted octanol–water partition coefficient (Wildman–Crippen LogP) is 4.34. The van der Waals surface area contributed by atoms with Gasteiger partial charge in [-0.25, -0.2) is 0 Å². The lowest BCUT2D eigenvalue weighted by atomic mass is 9.75. The lowest BCUT2D eigenvalue weighted by molar-refractivity contribution is -0.128. The Morgan fingerprint density at radius 2 is 1.37 bits per heavy atom. The highest BCUT2D eigenvalue weighted by atomic mass is 16.5. The van der Waals surface area contributed by atoms with Gasteiger partial charge in [-0.05, 0) is 42.3 Å². The molecular formula is C24H31NO5. The van der Waals surface area contributed by atoms with Gasteiger partial charge in [0, 0.05) is 35.5 Å². The third-order valence-corrected chi connectivity index (χ3v) is 5.82. The number of ketones is 1. The number of carbonyl (C=O) groups excluding carboxylic acids is 1. The summed E-state index contributed by atoms with van der Waals surface area (Å²) in [4.78, 5) is 13.3. The minimum Gasteiger partial charge on any atom is -0.497 e. The van der Waals surface area contributed by atoms with Gasteiger partial charge >= 0.3 is 0 Å². The smallest absolute Gasteiger partial charge is 0.140 e. The van der Waals surface area contributed by atoms with Crippen LogP contribution in [0.3, 0.4) is 0 Å². The second-order valence-electron chi connectivity index (χ2n) is 7.85. The molecule has 0 aliphatic carbocycles. The van der Waals surface area contributed by atoms with Crippen LogP contribution in [-0.2, 0) is 4.79 Å². The Morgan fingerprint density at radius 3 is 1.87 bits per heavy atom. The van der Waals surface area contributed by atoms with Crippen LogP contribution >= 0.6 is 0 Å². The van der Waals surface area contributed by atoms with Gasteiger partial charge in [-0.3, -0.25) is 4.79 Å². The molecule has 6 nitrogen and oxygen atoms in total. The van der Waals surface area contributed by atoms with Gasteiger partial charge in [0.2, 0.25) is 0 Å². The molecule has 30 heavy (non-hydrogen) atoms. The van der Waals surface area contributed by atoms with E-state index in [1.165, 1.54) is 0 Å². The number of benzene rings is 2. The number of Topliss-reactive ketones (excluding diaryl/α,β-unsaturated/α-hetero) is 1. The Labute approximate surface area is 178 Å². The summed E-state index contributed by atoms with van der Waals surface area (Å²) >= 11 is 0. The van der Waals surface area contributed by atoms with Gasteiger partial charge in [-0.15, -0.1) is 0 Å². The third-order valence-electron chi connectivity index (χ3n) is 5.82. The first kappa shape index (κ1) is 22.0. The van der Waals surface area contributed by atoms with E-state index in [-0.39, 0.29) is 29.7 Å². The molecule has 1 aliphatic heterocycles. The van der Waals surface area contributed by atoms with Gasteiger partial charge in [0.15, 0.2) is 0 Å². The van der Waals surface area contributed by atoms with Crippen molar-refractivity contribution in [1.29, 1.82) is 0 Å². The molecule has 1 heterocycles. The van der Waals surface area contributed by atoms with Gasteiger partial charge in [0.1, 0.15) is 28.8 Å². The number of hydrogen-bond donors (Lipinski definition) is 1. The second kappa shape index (κ2) is 9.39. The Bertz CT molecular complexity index is 895. The van der Waals surface area contributed by atoms with Crippen LogP contribution in [0.1, 0.15) is 43.5 Å². The molecule has 3 unspecified atom stereocenters. The van der Waals surface area contributed by atoms with Crippen LogP contribution in [0.4, 0.5) is 0 Å². The zero-order valence-electron chi connectivity index (χ0n) is 18.5. The summed E-state index contributed by atoms with van der Waals surface area (Å²) in [5.74, 6) is 3.10. The normalized spacial score (nSPS) is 21.4. The van der Waals surface area contributed by atoms with E-state index in [1.54, 1.807) is 28.4 Å². The summed E-state index contributed by atoms with van der Waals surface area (Å²) in [7, 11) is 6.54. The van der Waals surface area contributed by atoms with Crippen LogP contribution in [0.15, 0.2) is 36.4 Å². The summed E-state index contributed by atoms with van der Waals surface area (Å²) in [5.41, 5.74) is 1.81. The summed E-state index contributed by atoms with van der Waals surface area (Å²) in [5, 5.41) is 3.71. The number of methoxy groups -OCH3 is 4. The van der Waals surface area contributed by atoms with E-state index in [2.05, 4.69) is 19.2 Å². The SMILES string of the molecule is COc1ccc(OC)c(C2CC(=O)C(C(C)C)C(c3cc(OC)ccc3OC)N2)c1. The fourth-order valence-electron chi connectivity index (χ4n) is 4.34. The fraction of sp³-hybridized carbons (Fsp3) is 0.458. The first-order valence-corrected chi connectivity index (χ1v) is 10.2. The average Bonchev–Trinajstić information content (AvgIpc) is 2.77. The second-order valence-corrected chi connectivity index (χ2v) is 7.85. The van der Waals surface area contributed by atoms with Crippen LogP contribution in [-0.4, -0.2) is 34.2 Å². The molecule has 1 aliphatic rings. The molecule has 2 aromatic carbocycles. The highest BCUT2D eigenvalue weighted by Crippen LogP contribution is 2.44. The van der Waals surface area contributed by atoms with Crippen molar-refractivity contribution in [3.8, 4) is 23.0 Å². The molecule has 3 atom stereocenters. The number of hydrogen-bond acceptors (Lipinski definition) is 6. The molecule has 0 amide bonds. The van der Waals surface area contributed by atoms with Crippen LogP contribution in [0, 0.1) is 11.8 Å². The van der Waals surface area contributed by atoms with E-state index in [9.17, 15) is 4.79 Å². The standard InChI is InChI=1S/C24H31NO5/c1-14(2)23-20(26)13-19(17-11-15(27-3)7-9-21(17)29-5)25-24(23)18-12-16(28-4)8-10-22(18)30-6/h7-12,14,19,23-25H,13H2,1-6H3. The number of ether oxygens (including phenoxy) is 4. The van der Waals surface area contributed by atoms with E-state index in [1.807, 2.05) is 36.4 Å². The summed E-state index contributed by atoms with van der Waals surface area (Å²) in [6, 6.07) is 10.9. The summed E-state index contributed by atoms with van der Waals surface area (Å²) in [6.45, 7) is 4.16. The first-order chi connectivity index (χ1) is 14.4. The maximum Gasteiger partial charge on any atom is 0.140 e. The van der Waals surface area contributed by atoms with Crippen molar-refractivity contribution in [3.63, 3.8) is 0 Å². The summed E-state index contributed by atoms with van der Waals surface area (Å²) < 4.78 is 22.1. The third kappa shape index (κ3) is 4.24. The largest absolute Gasteiger partial charge is 0.497 e. The molecule has 162 valence electrons. The minimum absolute atomic E-state index is 0.166. The van der Waals surface area contributed by atoms with Crippen molar-refractivity contribution >= 4 is 5.78 Å². The average molecular weight is 414 g/mol. The lowest BCUT2D eigenvalue weighted by Crippen LogP contribution is -2.44. The maximum absolute atomic E-state index is 13.3. The fourth-order valence-corrected chi connectivity index (χ4v) is 4.34. The van der Waals surface area contributed by atoms with Crippen molar-refractivity contribution in [1.82, 2.24) is 5.32 Å². The van der Waals surface area contributed by atoms with Crippen LogP contribution in [0.2, 0.25) is 0 Å². The molecule has 1 fully saturated rings. The number of carbonyl (C=O) groups is 1. The highest BCUT2D eigenvalue weighted by Gasteiger charge is 2.41. The monoisotopic (exact) mass is 413 g/mol. The Morgan fingerprint density at radius 1 is 0.833 bits per heavy atom. The summed E-state index contributed by atoms with van der Waals surface area (Å²) in [6.07, 6.45) is 0.384. The molecule has 0 radical (unpaired) electrons. The molecule has 0 aromatic heterocycles. The first-order valence-electron chi connectivity index (χ1n) is 10.2. The Hall–Kier alpha value is -2.73. The Balaban J connectivity index is 2.09. The zero-order valence-corrected chi connectivity index (χ0v) is 18.5. The number of piperidine rings is 1. The predicted molar refractivity (Wildman–Crippen MR) is 116 cm³/mol. The number of nitrogens with one attached hydrogen (secondary N) is 1. The Kier molecular flexibility index (Phi) is 6.87. The van der Waals surface area contributed by atoms with Crippen LogP contribution in [0.25, 0.3) is 0 Å². The molecule has 0 bridgehead atoms. The number of rotatable bonds is 7. The van der Waals surface area contributed by atoms with Crippen molar-refractivity contribution in [2.24, 2.45) is 11.8 Å². The van der Waals surface area contributed by atoms with Crippen molar-refractivity contribution < 1.29 is 23.7 Å². The molecule has 3 rings (SSSR count). The van der Waals surface area contributed by atoms with Gasteiger partial charge in [-0.2, -0.15) is 0 Å². The van der Waals surface area contributed by atoms with Gasteiger partial charge < -0.3 is 24.3 Å². The van der Waals surface area contributed by atoms with Crippen molar-refractivity contribution in [2.75, 3.05) is 28.4 Å². The zero-order chi connectivity index (χ0) is 21.8. The van der Waals surface area contributed by atoms with Crippen LogP contribution < -0.4 is 24.3 Å². The topological polar surface area (TPSA) is 66.0 Å². The molecule has 1 saturated heterocycles. The van der Waals surface area contributed by atoms with E-state index in [0.717, 1.165) is 34.1 Å². The van der Waals surface area contributed by atoms with E-state index >= 15 is 0 Å². The quantitative estimate of drug-likeness (QED) is 0.729. The van der Waals surface area contributed by atoms with Gasteiger partial charge in [0.25, 0.3) is 0 Å². The molecule has 0 saturated carbocycles. The van der Waals surface area contributed by atoms with Crippen LogP contribution in [0.5, 0.6) is 23.0 Å². The van der Waals surface area contributed by atoms with Gasteiger partial charge in [0.05, 0.1) is 28.4 Å². The molecule has 0 spiro atoms. The molecule has 6 heteroatoms. The van der Waals surface area contributed by atoms with Crippen molar-refractivity contribution in [3.05, 3.63) is 47.5 Å². The molecule has 1 N–H and O–H groups in total. The minimum atomic E-state index is -0.225. The van der Waals surface area contributed by atoms with Crippen molar-refractivity contribution in [2.45, 2.75) is 32.4 Å². The van der Waals surface area contributed by atoms with Gasteiger partial charge in [-0.1, -0.05) is 13.8 Å². The lowest BCUT2D eigenvalue weighted by Gasteiger charge is -2.39. The molecular weight excluding hydrogens is 382 g/mol. The highest BCUT2D eigenvalue weighted by molar-refractivity contribution is 5.84.